The predicted molar refractivity (Wildman–Crippen MR) is 101 cm³/mol. The van der Waals surface area contributed by atoms with Crippen LogP contribution in [0.3, 0.4) is 0 Å². The maximum absolute atomic E-state index is 12.5. The van der Waals surface area contributed by atoms with E-state index < -0.39 is 11.1 Å². The van der Waals surface area contributed by atoms with E-state index in [1.807, 2.05) is 18.2 Å². The standard InChI is InChI=1S/C19H16ClN3O3/c20-12-8-11-6-7-14(10-16(24)21-13-4-2-1-3-5-13)23-17(11)15(9-12)22-18(25)19(23)26/h1-5,8-9,14H,6-7,10H2,(H,21,24)(H,22,25). The molecule has 1 atom stereocenters. The Morgan fingerprint density at radius 3 is 2.77 bits per heavy atom. The van der Waals surface area contributed by atoms with E-state index >= 15 is 0 Å². The molecule has 26 heavy (non-hydrogen) atoms. The number of amides is 1. The summed E-state index contributed by atoms with van der Waals surface area (Å²) in [4.78, 5) is 39.6. The molecule has 1 amide bonds. The average molecular weight is 370 g/mol. The van der Waals surface area contributed by atoms with Gasteiger partial charge in [-0.25, -0.2) is 0 Å². The molecule has 4 rings (SSSR count). The molecule has 0 bridgehead atoms. The van der Waals surface area contributed by atoms with Crippen LogP contribution in [-0.4, -0.2) is 15.5 Å². The first-order chi connectivity index (χ1) is 12.5. The van der Waals surface area contributed by atoms with Crippen molar-refractivity contribution < 1.29 is 4.79 Å². The number of carbonyl (C=O) groups is 1. The number of H-pyrrole nitrogens is 1. The summed E-state index contributed by atoms with van der Waals surface area (Å²) in [5.41, 5.74) is 1.43. The number of nitrogens with one attached hydrogen (secondary N) is 2. The molecular formula is C19H16ClN3O3. The average Bonchev–Trinajstić information content (AvgIpc) is 2.61. The second kappa shape index (κ2) is 6.46. The first-order valence-corrected chi connectivity index (χ1v) is 8.72. The lowest BCUT2D eigenvalue weighted by molar-refractivity contribution is -0.117. The number of hydrogen-bond donors (Lipinski definition) is 2. The molecule has 1 unspecified atom stereocenters. The Labute approximate surface area is 153 Å². The third-order valence-corrected chi connectivity index (χ3v) is 4.86. The molecule has 132 valence electrons. The zero-order valence-electron chi connectivity index (χ0n) is 13.8. The third kappa shape index (κ3) is 2.93. The molecule has 3 aromatic rings. The highest BCUT2D eigenvalue weighted by Crippen LogP contribution is 2.32. The van der Waals surface area contributed by atoms with E-state index in [9.17, 15) is 14.4 Å². The van der Waals surface area contributed by atoms with Gasteiger partial charge in [0, 0.05) is 23.2 Å². The Hall–Kier alpha value is -2.86. The maximum Gasteiger partial charge on any atom is 0.317 e. The molecular weight excluding hydrogens is 354 g/mol. The van der Waals surface area contributed by atoms with Crippen LogP contribution in [0.4, 0.5) is 5.69 Å². The number of aryl methyl sites for hydroxylation is 1. The predicted octanol–water partition coefficient (Wildman–Crippen LogP) is 2.86. The molecule has 2 N–H and O–H groups in total. The van der Waals surface area contributed by atoms with E-state index in [4.69, 9.17) is 11.6 Å². The van der Waals surface area contributed by atoms with Crippen molar-refractivity contribution in [3.8, 4) is 0 Å². The Bertz CT molecular complexity index is 1120. The van der Waals surface area contributed by atoms with Crippen LogP contribution in [-0.2, 0) is 11.2 Å². The summed E-state index contributed by atoms with van der Waals surface area (Å²) in [5.74, 6) is -0.195. The quantitative estimate of drug-likeness (QED) is 0.696. The summed E-state index contributed by atoms with van der Waals surface area (Å²) in [7, 11) is 0. The monoisotopic (exact) mass is 369 g/mol. The van der Waals surface area contributed by atoms with Gasteiger partial charge in [0.2, 0.25) is 5.91 Å². The molecule has 7 heteroatoms. The molecule has 2 heterocycles. The van der Waals surface area contributed by atoms with Gasteiger partial charge in [-0.2, -0.15) is 0 Å². The van der Waals surface area contributed by atoms with Crippen molar-refractivity contribution >= 4 is 34.2 Å². The molecule has 6 nitrogen and oxygen atoms in total. The number of hydrogen-bond acceptors (Lipinski definition) is 3. The SMILES string of the molecule is O=C(CC1CCc2cc(Cl)cc3[nH]c(=O)c(=O)n1c23)Nc1ccccc1. The third-order valence-electron chi connectivity index (χ3n) is 4.65. The van der Waals surface area contributed by atoms with Gasteiger partial charge in [-0.15, -0.1) is 0 Å². The van der Waals surface area contributed by atoms with Crippen LogP contribution < -0.4 is 16.4 Å². The van der Waals surface area contributed by atoms with E-state index in [2.05, 4.69) is 10.3 Å². The van der Waals surface area contributed by atoms with Crippen molar-refractivity contribution in [2.24, 2.45) is 0 Å². The van der Waals surface area contributed by atoms with Gasteiger partial charge in [-0.3, -0.25) is 19.0 Å². The highest BCUT2D eigenvalue weighted by molar-refractivity contribution is 6.31. The largest absolute Gasteiger partial charge is 0.326 e. The number of aromatic nitrogens is 2. The van der Waals surface area contributed by atoms with Crippen LogP contribution in [0, 0.1) is 0 Å². The molecule has 0 radical (unpaired) electrons. The van der Waals surface area contributed by atoms with E-state index in [1.165, 1.54) is 4.57 Å². The van der Waals surface area contributed by atoms with Gasteiger partial charge >= 0.3 is 11.1 Å². The molecule has 0 spiro atoms. The van der Waals surface area contributed by atoms with Crippen molar-refractivity contribution in [3.63, 3.8) is 0 Å². The molecule has 0 saturated heterocycles. The van der Waals surface area contributed by atoms with Crippen LogP contribution in [0.1, 0.15) is 24.4 Å². The fourth-order valence-electron chi connectivity index (χ4n) is 3.55. The summed E-state index contributed by atoms with van der Waals surface area (Å²) < 4.78 is 1.45. The number of benzene rings is 2. The number of para-hydroxylation sites is 1. The van der Waals surface area contributed by atoms with Crippen molar-refractivity contribution in [1.29, 1.82) is 0 Å². The van der Waals surface area contributed by atoms with Gasteiger partial charge < -0.3 is 10.3 Å². The van der Waals surface area contributed by atoms with Gasteiger partial charge in [0.25, 0.3) is 0 Å². The first kappa shape index (κ1) is 16.6. The second-order valence-corrected chi connectivity index (χ2v) is 6.84. The minimum atomic E-state index is -0.707. The zero-order valence-corrected chi connectivity index (χ0v) is 14.5. The maximum atomic E-state index is 12.5. The molecule has 0 fully saturated rings. The highest BCUT2D eigenvalue weighted by atomic mass is 35.5. The Morgan fingerprint density at radius 1 is 1.23 bits per heavy atom. The van der Waals surface area contributed by atoms with Gasteiger partial charge in [-0.05, 0) is 42.7 Å². The normalized spacial score (nSPS) is 15.8. The van der Waals surface area contributed by atoms with Crippen LogP contribution >= 0.6 is 11.6 Å². The fraction of sp³-hybridized carbons (Fsp3) is 0.211. The molecule has 0 saturated carbocycles. The van der Waals surface area contributed by atoms with Gasteiger partial charge in [0.15, 0.2) is 0 Å². The number of nitrogens with zero attached hydrogens (tertiary/aromatic N) is 1. The lowest BCUT2D eigenvalue weighted by Gasteiger charge is -2.27. The topological polar surface area (TPSA) is 84.0 Å². The van der Waals surface area contributed by atoms with Gasteiger partial charge in [0.1, 0.15) is 0 Å². The Morgan fingerprint density at radius 2 is 2.00 bits per heavy atom. The van der Waals surface area contributed by atoms with Crippen molar-refractivity contribution in [1.82, 2.24) is 9.55 Å². The summed E-state index contributed by atoms with van der Waals surface area (Å²) >= 11 is 6.11. The van der Waals surface area contributed by atoms with Crippen molar-refractivity contribution in [3.05, 3.63) is 73.8 Å². The van der Waals surface area contributed by atoms with Gasteiger partial charge in [-0.1, -0.05) is 29.8 Å². The zero-order chi connectivity index (χ0) is 18.3. The number of aromatic amines is 1. The molecule has 1 aromatic heterocycles. The number of rotatable bonds is 3. The Balaban J connectivity index is 1.73. The van der Waals surface area contributed by atoms with Crippen molar-refractivity contribution in [2.75, 3.05) is 5.32 Å². The summed E-state index contributed by atoms with van der Waals surface area (Å²) in [6.07, 6.45) is 1.40. The van der Waals surface area contributed by atoms with Crippen LogP contribution in [0.25, 0.3) is 11.0 Å². The molecule has 1 aliphatic heterocycles. The lowest BCUT2D eigenvalue weighted by Crippen LogP contribution is -2.41. The summed E-state index contributed by atoms with van der Waals surface area (Å²) in [6, 6.07) is 12.2. The highest BCUT2D eigenvalue weighted by Gasteiger charge is 2.26. The van der Waals surface area contributed by atoms with E-state index in [-0.39, 0.29) is 18.4 Å². The van der Waals surface area contributed by atoms with Gasteiger partial charge in [0.05, 0.1) is 11.0 Å². The smallest absolute Gasteiger partial charge is 0.317 e. The molecule has 0 aliphatic carbocycles. The minimum absolute atomic E-state index is 0.120. The van der Waals surface area contributed by atoms with Crippen LogP contribution in [0.5, 0.6) is 0 Å². The molecule has 2 aromatic carbocycles. The van der Waals surface area contributed by atoms with E-state index in [0.717, 1.165) is 5.56 Å². The molecule has 1 aliphatic rings. The summed E-state index contributed by atoms with van der Waals surface area (Å²) in [5, 5.41) is 3.34. The van der Waals surface area contributed by atoms with E-state index in [1.54, 1.807) is 24.3 Å². The van der Waals surface area contributed by atoms with Crippen LogP contribution in [0.15, 0.2) is 52.1 Å². The van der Waals surface area contributed by atoms with Crippen molar-refractivity contribution in [2.45, 2.75) is 25.3 Å². The lowest BCUT2D eigenvalue weighted by atomic mass is 9.96. The fourth-order valence-corrected chi connectivity index (χ4v) is 3.79. The number of carbonyl (C=O) groups excluding carboxylic acids is 1. The summed E-state index contributed by atoms with van der Waals surface area (Å²) in [6.45, 7) is 0. The Kier molecular flexibility index (Phi) is 4.12. The number of halogens is 1. The van der Waals surface area contributed by atoms with Crippen LogP contribution in [0.2, 0.25) is 5.02 Å². The minimum Gasteiger partial charge on any atom is -0.326 e. The van der Waals surface area contributed by atoms with E-state index in [0.29, 0.717) is 34.6 Å². The number of anilines is 1. The second-order valence-electron chi connectivity index (χ2n) is 6.40. The first-order valence-electron chi connectivity index (χ1n) is 8.35.